The zero-order chi connectivity index (χ0) is 23.6. The SMILES string of the molecule is CC(C)(NC(=O)OCC1c2ccccc2-c2ccccc21)C(=O)NCc1ccc(C(=O)O)o1. The van der Waals surface area contributed by atoms with Crippen LogP contribution in [0.5, 0.6) is 0 Å². The Morgan fingerprint density at radius 3 is 2.15 bits per heavy atom. The molecule has 1 aromatic heterocycles. The Balaban J connectivity index is 1.34. The van der Waals surface area contributed by atoms with Gasteiger partial charge < -0.3 is 24.9 Å². The van der Waals surface area contributed by atoms with Crippen LogP contribution in [0.2, 0.25) is 0 Å². The maximum atomic E-state index is 12.6. The number of aromatic carboxylic acids is 1. The number of ether oxygens (including phenoxy) is 1. The number of hydrogen-bond donors (Lipinski definition) is 3. The summed E-state index contributed by atoms with van der Waals surface area (Å²) in [4.78, 5) is 35.9. The van der Waals surface area contributed by atoms with Crippen LogP contribution in [0.25, 0.3) is 11.1 Å². The van der Waals surface area contributed by atoms with Gasteiger partial charge in [-0.2, -0.15) is 0 Å². The third-order valence-corrected chi connectivity index (χ3v) is 5.62. The van der Waals surface area contributed by atoms with E-state index in [1.807, 2.05) is 36.4 Å². The molecule has 4 rings (SSSR count). The van der Waals surface area contributed by atoms with E-state index < -0.39 is 23.5 Å². The van der Waals surface area contributed by atoms with Gasteiger partial charge in [0.15, 0.2) is 0 Å². The van der Waals surface area contributed by atoms with Gasteiger partial charge in [-0.15, -0.1) is 0 Å². The van der Waals surface area contributed by atoms with Crippen LogP contribution in [0, 0.1) is 0 Å². The molecule has 1 aliphatic rings. The molecule has 0 aliphatic heterocycles. The van der Waals surface area contributed by atoms with Crippen molar-refractivity contribution in [2.75, 3.05) is 6.61 Å². The van der Waals surface area contributed by atoms with Crippen molar-refractivity contribution in [3.8, 4) is 11.1 Å². The zero-order valence-corrected chi connectivity index (χ0v) is 18.3. The van der Waals surface area contributed by atoms with E-state index in [0.717, 1.165) is 22.3 Å². The smallest absolute Gasteiger partial charge is 0.408 e. The quantitative estimate of drug-likeness (QED) is 0.504. The summed E-state index contributed by atoms with van der Waals surface area (Å²) in [6.07, 6.45) is -0.705. The van der Waals surface area contributed by atoms with Crippen molar-refractivity contribution < 1.29 is 28.6 Å². The first-order chi connectivity index (χ1) is 15.8. The number of amides is 2. The third-order valence-electron chi connectivity index (χ3n) is 5.62. The van der Waals surface area contributed by atoms with E-state index in [9.17, 15) is 14.4 Å². The van der Waals surface area contributed by atoms with Gasteiger partial charge in [-0.25, -0.2) is 9.59 Å². The topological polar surface area (TPSA) is 118 Å². The van der Waals surface area contributed by atoms with E-state index in [0.29, 0.717) is 0 Å². The highest BCUT2D eigenvalue weighted by molar-refractivity contribution is 5.89. The first-order valence-electron chi connectivity index (χ1n) is 10.5. The second kappa shape index (κ2) is 8.82. The highest BCUT2D eigenvalue weighted by Crippen LogP contribution is 2.44. The molecule has 170 valence electrons. The molecule has 2 amide bonds. The molecule has 8 heteroatoms. The van der Waals surface area contributed by atoms with E-state index in [1.54, 1.807) is 13.8 Å². The summed E-state index contributed by atoms with van der Waals surface area (Å²) in [5.74, 6) is -1.66. The van der Waals surface area contributed by atoms with Crippen molar-refractivity contribution in [2.24, 2.45) is 0 Å². The Labute approximate surface area is 190 Å². The molecule has 0 unspecified atom stereocenters. The number of hydrogen-bond acceptors (Lipinski definition) is 5. The summed E-state index contributed by atoms with van der Waals surface area (Å²) in [7, 11) is 0. The summed E-state index contributed by atoms with van der Waals surface area (Å²) >= 11 is 0. The Hall–Kier alpha value is -4.07. The van der Waals surface area contributed by atoms with E-state index >= 15 is 0 Å². The number of furan rings is 1. The van der Waals surface area contributed by atoms with Gasteiger partial charge in [0, 0.05) is 5.92 Å². The Bertz CT molecular complexity index is 1170. The standard InChI is InChI=1S/C25H24N2O6/c1-25(2,23(30)26-13-15-11-12-21(33-15)22(28)29)27-24(31)32-14-20-18-9-5-3-7-16(18)17-8-4-6-10-19(17)20/h3-12,20H,13-14H2,1-2H3,(H,26,30)(H,27,31)(H,28,29). The highest BCUT2D eigenvalue weighted by atomic mass is 16.5. The number of rotatable bonds is 7. The molecule has 8 nitrogen and oxygen atoms in total. The Kier molecular flexibility index (Phi) is 5.91. The van der Waals surface area contributed by atoms with Crippen LogP contribution in [0.15, 0.2) is 65.1 Å². The van der Waals surface area contributed by atoms with E-state index in [1.165, 1.54) is 12.1 Å². The normalized spacial score (nSPS) is 12.5. The maximum absolute atomic E-state index is 12.6. The lowest BCUT2D eigenvalue weighted by molar-refractivity contribution is -0.126. The lowest BCUT2D eigenvalue weighted by atomic mass is 9.98. The molecule has 0 saturated heterocycles. The monoisotopic (exact) mass is 448 g/mol. The van der Waals surface area contributed by atoms with Crippen molar-refractivity contribution >= 4 is 18.0 Å². The van der Waals surface area contributed by atoms with Crippen molar-refractivity contribution in [1.29, 1.82) is 0 Å². The van der Waals surface area contributed by atoms with E-state index in [2.05, 4.69) is 22.8 Å². The van der Waals surface area contributed by atoms with E-state index in [-0.39, 0.29) is 30.6 Å². The highest BCUT2D eigenvalue weighted by Gasteiger charge is 2.32. The predicted octanol–water partition coefficient (Wildman–Crippen LogP) is 3.91. The summed E-state index contributed by atoms with van der Waals surface area (Å²) in [5, 5.41) is 14.1. The molecule has 3 aromatic rings. The fourth-order valence-corrected chi connectivity index (χ4v) is 3.92. The molecule has 0 radical (unpaired) electrons. The largest absolute Gasteiger partial charge is 0.475 e. The molecule has 0 spiro atoms. The molecule has 0 saturated carbocycles. The molecule has 0 bridgehead atoms. The minimum Gasteiger partial charge on any atom is -0.475 e. The fourth-order valence-electron chi connectivity index (χ4n) is 3.92. The van der Waals surface area contributed by atoms with Crippen LogP contribution >= 0.6 is 0 Å². The molecule has 1 aliphatic carbocycles. The fraction of sp³-hybridized carbons (Fsp3) is 0.240. The predicted molar refractivity (Wildman–Crippen MR) is 120 cm³/mol. The summed E-state index contributed by atoms with van der Waals surface area (Å²) in [6.45, 7) is 3.23. The molecular weight excluding hydrogens is 424 g/mol. The number of nitrogens with one attached hydrogen (secondary N) is 2. The third kappa shape index (κ3) is 4.59. The average Bonchev–Trinajstić information content (AvgIpc) is 3.39. The van der Waals surface area contributed by atoms with Crippen molar-refractivity contribution in [3.05, 3.63) is 83.3 Å². The van der Waals surface area contributed by atoms with Gasteiger partial charge in [-0.05, 0) is 48.2 Å². The second-order valence-corrected chi connectivity index (χ2v) is 8.33. The minimum atomic E-state index is -1.26. The van der Waals surface area contributed by atoms with E-state index in [4.69, 9.17) is 14.3 Å². The summed E-state index contributed by atoms with van der Waals surface area (Å²) < 4.78 is 10.6. The molecule has 3 N–H and O–H groups in total. The summed E-state index contributed by atoms with van der Waals surface area (Å²) in [6, 6.07) is 18.8. The van der Waals surface area contributed by atoms with Gasteiger partial charge in [0.2, 0.25) is 11.7 Å². The number of carbonyl (C=O) groups is 3. The van der Waals surface area contributed by atoms with Gasteiger partial charge in [0.1, 0.15) is 17.9 Å². The first-order valence-corrected chi connectivity index (χ1v) is 10.5. The molecular formula is C25H24N2O6. The second-order valence-electron chi connectivity index (χ2n) is 8.33. The zero-order valence-electron chi connectivity index (χ0n) is 18.3. The van der Waals surface area contributed by atoms with Crippen LogP contribution in [0.4, 0.5) is 4.79 Å². The number of alkyl carbamates (subject to hydrolysis) is 1. The lowest BCUT2D eigenvalue weighted by Crippen LogP contribution is -2.54. The number of carbonyl (C=O) groups excluding carboxylic acids is 2. The molecule has 33 heavy (non-hydrogen) atoms. The van der Waals surface area contributed by atoms with Gasteiger partial charge >= 0.3 is 12.1 Å². The van der Waals surface area contributed by atoms with Gasteiger partial charge in [-0.1, -0.05) is 48.5 Å². The number of carboxylic acids is 1. The van der Waals surface area contributed by atoms with Crippen LogP contribution in [0.3, 0.4) is 0 Å². The lowest BCUT2D eigenvalue weighted by Gasteiger charge is -2.25. The first kappa shape index (κ1) is 22.1. The molecule has 1 heterocycles. The Morgan fingerprint density at radius 2 is 1.58 bits per heavy atom. The van der Waals surface area contributed by atoms with Gasteiger partial charge in [0.05, 0.1) is 6.54 Å². The van der Waals surface area contributed by atoms with Crippen molar-refractivity contribution in [3.63, 3.8) is 0 Å². The van der Waals surface area contributed by atoms with Crippen molar-refractivity contribution in [1.82, 2.24) is 10.6 Å². The van der Waals surface area contributed by atoms with Gasteiger partial charge in [0.25, 0.3) is 0 Å². The number of fused-ring (bicyclic) bond motifs is 3. The van der Waals surface area contributed by atoms with Crippen LogP contribution in [-0.4, -0.2) is 35.2 Å². The Morgan fingerprint density at radius 1 is 0.970 bits per heavy atom. The van der Waals surface area contributed by atoms with Crippen LogP contribution in [-0.2, 0) is 16.1 Å². The van der Waals surface area contributed by atoms with Crippen LogP contribution < -0.4 is 10.6 Å². The van der Waals surface area contributed by atoms with Gasteiger partial charge in [-0.3, -0.25) is 4.79 Å². The maximum Gasteiger partial charge on any atom is 0.408 e. The number of benzene rings is 2. The van der Waals surface area contributed by atoms with Crippen molar-refractivity contribution in [2.45, 2.75) is 31.8 Å². The summed E-state index contributed by atoms with van der Waals surface area (Å²) in [5.41, 5.74) is 3.20. The molecule has 0 fully saturated rings. The average molecular weight is 448 g/mol. The van der Waals surface area contributed by atoms with Crippen LogP contribution in [0.1, 0.15) is 47.2 Å². The number of carboxylic acid groups (broad SMARTS) is 1. The molecule has 2 aromatic carbocycles. The molecule has 0 atom stereocenters. The minimum absolute atomic E-state index is 0.0120.